The van der Waals surface area contributed by atoms with E-state index in [0.717, 1.165) is 0 Å². The lowest BCUT2D eigenvalue weighted by atomic mass is 9.82. The molecule has 0 saturated carbocycles. The quantitative estimate of drug-likeness (QED) is 0.412. The molecule has 0 aliphatic heterocycles. The van der Waals surface area contributed by atoms with Crippen LogP contribution in [0.2, 0.25) is 0 Å². The molecule has 0 radical (unpaired) electrons. The van der Waals surface area contributed by atoms with Crippen LogP contribution in [0.5, 0.6) is 0 Å². The van der Waals surface area contributed by atoms with E-state index in [1.54, 1.807) is 48.7 Å². The smallest absolute Gasteiger partial charge is 0.202 e. The molecular weight excluding hydrogens is 373 g/mol. The Morgan fingerprint density at radius 1 is 1.18 bits per heavy atom. The van der Waals surface area contributed by atoms with Crippen LogP contribution in [0, 0.1) is 11.7 Å². The number of hydrogen-bond acceptors (Lipinski definition) is 4. The lowest BCUT2D eigenvalue weighted by Crippen LogP contribution is -2.17. The fraction of sp³-hybridized carbons (Fsp3) is 0.217. The van der Waals surface area contributed by atoms with Crippen molar-refractivity contribution in [2.24, 2.45) is 5.92 Å². The summed E-state index contributed by atoms with van der Waals surface area (Å²) in [5.74, 6) is -0.820. The van der Waals surface area contributed by atoms with Gasteiger partial charge in [-0.3, -0.25) is 9.78 Å². The Morgan fingerprint density at radius 3 is 2.57 bits per heavy atom. The molecule has 0 saturated heterocycles. The van der Waals surface area contributed by atoms with Crippen molar-refractivity contribution in [2.75, 3.05) is 0 Å². The minimum Gasteiger partial charge on any atom is -0.383 e. The predicted molar refractivity (Wildman–Crippen MR) is 111 cm³/mol. The summed E-state index contributed by atoms with van der Waals surface area (Å²) in [4.78, 5) is 18.0. The summed E-state index contributed by atoms with van der Waals surface area (Å²) in [7, 11) is 0. The summed E-state index contributed by atoms with van der Waals surface area (Å²) < 4.78 is 14.7. The number of aliphatic hydroxyl groups excluding tert-OH is 1. The van der Waals surface area contributed by atoms with Crippen molar-refractivity contribution in [1.29, 1.82) is 0 Å². The maximum atomic E-state index is 14.7. The Kier molecular flexibility index (Phi) is 6.49. The van der Waals surface area contributed by atoms with Gasteiger partial charge in [0.1, 0.15) is 11.9 Å². The molecule has 2 aromatic heterocycles. The Hall–Kier alpha value is -2.63. The van der Waals surface area contributed by atoms with Crippen molar-refractivity contribution in [1.82, 2.24) is 4.98 Å². The summed E-state index contributed by atoms with van der Waals surface area (Å²) >= 11 is 1.30. The van der Waals surface area contributed by atoms with Gasteiger partial charge in [0.25, 0.3) is 0 Å². The number of carbonyl (C=O) groups excluding carboxylic acids is 1. The molecule has 2 atom stereocenters. The number of rotatable bonds is 7. The highest BCUT2D eigenvalue weighted by Crippen LogP contribution is 2.38. The van der Waals surface area contributed by atoms with Crippen LogP contribution in [-0.2, 0) is 0 Å². The molecule has 28 heavy (non-hydrogen) atoms. The number of Topliss-reactive ketones (excluding diaryl/α,β-unsaturated/α-hetero) is 1. The first-order valence-corrected chi connectivity index (χ1v) is 10.1. The summed E-state index contributed by atoms with van der Waals surface area (Å²) in [6.07, 6.45) is 2.63. The summed E-state index contributed by atoms with van der Waals surface area (Å²) in [5, 5.41) is 13.0. The zero-order valence-corrected chi connectivity index (χ0v) is 16.6. The highest BCUT2D eigenvalue weighted by atomic mass is 32.1. The van der Waals surface area contributed by atoms with Crippen LogP contribution in [0.15, 0.2) is 71.9 Å². The van der Waals surface area contributed by atoms with Crippen LogP contribution in [0.25, 0.3) is 5.57 Å². The van der Waals surface area contributed by atoms with Gasteiger partial charge in [0.05, 0.1) is 4.88 Å². The van der Waals surface area contributed by atoms with Crippen molar-refractivity contribution in [3.63, 3.8) is 0 Å². The molecule has 144 valence electrons. The van der Waals surface area contributed by atoms with E-state index >= 15 is 0 Å². The lowest BCUT2D eigenvalue weighted by Gasteiger charge is -2.24. The van der Waals surface area contributed by atoms with E-state index in [4.69, 9.17) is 0 Å². The number of allylic oxidation sites excluding steroid dienone is 1. The van der Waals surface area contributed by atoms with E-state index in [1.807, 2.05) is 19.2 Å². The normalized spacial score (nSPS) is 14.3. The first kappa shape index (κ1) is 20.1. The third-order valence-corrected chi connectivity index (χ3v) is 5.69. The third-order valence-electron chi connectivity index (χ3n) is 4.82. The van der Waals surface area contributed by atoms with Gasteiger partial charge >= 0.3 is 0 Å². The Morgan fingerprint density at radius 2 is 1.96 bits per heavy atom. The van der Waals surface area contributed by atoms with Gasteiger partial charge in [-0.05, 0) is 41.5 Å². The first-order chi connectivity index (χ1) is 13.5. The Bertz CT molecular complexity index is 967. The fourth-order valence-corrected chi connectivity index (χ4v) is 3.88. The van der Waals surface area contributed by atoms with Gasteiger partial charge in [-0.25, -0.2) is 4.39 Å². The molecule has 0 aliphatic carbocycles. The van der Waals surface area contributed by atoms with Crippen molar-refractivity contribution in [2.45, 2.75) is 26.4 Å². The van der Waals surface area contributed by atoms with Gasteiger partial charge in [-0.1, -0.05) is 44.2 Å². The highest BCUT2D eigenvalue weighted by molar-refractivity contribution is 7.12. The number of hydrogen-bond donors (Lipinski definition) is 1. The van der Waals surface area contributed by atoms with Crippen molar-refractivity contribution in [3.05, 3.63) is 93.7 Å². The van der Waals surface area contributed by atoms with Gasteiger partial charge in [-0.2, -0.15) is 0 Å². The number of thiophene rings is 1. The average molecular weight is 395 g/mol. The number of benzene rings is 1. The average Bonchev–Trinajstić information content (AvgIpc) is 3.27. The summed E-state index contributed by atoms with van der Waals surface area (Å²) in [6, 6.07) is 13.3. The number of halogens is 1. The standard InChI is InChI=1S/C23H22FNO2S/c1-3-15(2)20(17-9-4-5-10-18(17)24)21(23(27)19-11-7-13-28-19)22(26)16-8-6-12-25-14-16/h4-15,22,26H,3H2,1-2H3/b21-20+. The van der Waals surface area contributed by atoms with E-state index in [-0.39, 0.29) is 17.3 Å². The molecule has 0 fully saturated rings. The van der Waals surface area contributed by atoms with Crippen molar-refractivity contribution >= 4 is 22.7 Å². The number of carbonyl (C=O) groups is 1. The van der Waals surface area contributed by atoms with Gasteiger partial charge in [0.2, 0.25) is 5.78 Å². The van der Waals surface area contributed by atoms with Crippen LogP contribution >= 0.6 is 11.3 Å². The minimum atomic E-state index is -1.20. The number of pyridine rings is 1. The van der Waals surface area contributed by atoms with Crippen molar-refractivity contribution in [3.8, 4) is 0 Å². The zero-order chi connectivity index (χ0) is 20.1. The van der Waals surface area contributed by atoms with Crippen molar-refractivity contribution < 1.29 is 14.3 Å². The molecule has 0 aliphatic rings. The largest absolute Gasteiger partial charge is 0.383 e. The fourth-order valence-electron chi connectivity index (χ4n) is 3.20. The molecule has 2 heterocycles. The van der Waals surface area contributed by atoms with Crippen LogP contribution in [-0.4, -0.2) is 15.9 Å². The number of ketones is 1. The van der Waals surface area contributed by atoms with Gasteiger partial charge in [0, 0.05) is 29.1 Å². The molecule has 0 bridgehead atoms. The second-order valence-corrected chi connectivity index (χ2v) is 7.56. The van der Waals surface area contributed by atoms with Crippen LogP contribution in [0.3, 0.4) is 0 Å². The molecule has 0 spiro atoms. The number of aromatic nitrogens is 1. The topological polar surface area (TPSA) is 50.2 Å². The Labute approximate surface area is 168 Å². The third kappa shape index (κ3) is 4.11. The maximum absolute atomic E-state index is 14.7. The molecule has 3 rings (SSSR count). The van der Waals surface area contributed by atoms with E-state index in [0.29, 0.717) is 28.0 Å². The maximum Gasteiger partial charge on any atom is 0.202 e. The SMILES string of the molecule is CCC(C)/C(=C(\C(=O)c1cccs1)C(O)c1cccnc1)c1ccccc1F. The summed E-state index contributed by atoms with van der Waals surface area (Å²) in [5.41, 5.74) is 1.59. The van der Waals surface area contributed by atoms with Gasteiger partial charge in [0.15, 0.2) is 0 Å². The molecular formula is C23H22FNO2S. The molecule has 3 aromatic rings. The first-order valence-electron chi connectivity index (χ1n) is 9.19. The predicted octanol–water partition coefficient (Wildman–Crippen LogP) is 5.70. The number of aliphatic hydroxyl groups is 1. The molecule has 1 N–H and O–H groups in total. The molecule has 1 aromatic carbocycles. The second kappa shape index (κ2) is 9.04. The van der Waals surface area contributed by atoms with E-state index < -0.39 is 11.9 Å². The summed E-state index contributed by atoms with van der Waals surface area (Å²) in [6.45, 7) is 3.93. The highest BCUT2D eigenvalue weighted by Gasteiger charge is 2.30. The van der Waals surface area contributed by atoms with Gasteiger partial charge < -0.3 is 5.11 Å². The second-order valence-electron chi connectivity index (χ2n) is 6.61. The van der Waals surface area contributed by atoms with Crippen LogP contribution < -0.4 is 0 Å². The number of nitrogens with zero attached hydrogens (tertiary/aromatic N) is 1. The zero-order valence-electron chi connectivity index (χ0n) is 15.8. The van der Waals surface area contributed by atoms with Crippen LogP contribution in [0.1, 0.15) is 47.2 Å². The van der Waals surface area contributed by atoms with Gasteiger partial charge in [-0.15, -0.1) is 11.3 Å². The van der Waals surface area contributed by atoms with E-state index in [1.165, 1.54) is 23.6 Å². The van der Waals surface area contributed by atoms with E-state index in [9.17, 15) is 14.3 Å². The van der Waals surface area contributed by atoms with Crippen LogP contribution in [0.4, 0.5) is 4.39 Å². The molecule has 5 heteroatoms. The monoisotopic (exact) mass is 395 g/mol. The molecule has 3 nitrogen and oxygen atoms in total. The lowest BCUT2D eigenvalue weighted by molar-refractivity contribution is 0.0991. The molecule has 2 unspecified atom stereocenters. The Balaban J connectivity index is 2.30. The van der Waals surface area contributed by atoms with E-state index in [2.05, 4.69) is 4.98 Å². The minimum absolute atomic E-state index is 0.123. The molecule has 0 amide bonds.